The molecular weight excluding hydrogens is 388 g/mol. The zero-order valence-electron chi connectivity index (χ0n) is 14.6. The first-order valence-electron chi connectivity index (χ1n) is 7.79. The van der Waals surface area contributed by atoms with Crippen LogP contribution in [0.2, 0.25) is 4.34 Å². The van der Waals surface area contributed by atoms with Crippen molar-refractivity contribution in [1.82, 2.24) is 0 Å². The number of carbonyl (C=O) groups is 1. The van der Waals surface area contributed by atoms with E-state index in [0.717, 1.165) is 16.0 Å². The van der Waals surface area contributed by atoms with Crippen LogP contribution >= 0.6 is 22.9 Å². The molecule has 0 bridgehead atoms. The second-order valence-electron chi connectivity index (χ2n) is 5.67. The van der Waals surface area contributed by atoms with Crippen LogP contribution < -0.4 is 21.0 Å². The molecule has 0 spiro atoms. The highest BCUT2D eigenvalue weighted by atomic mass is 35.5. The van der Waals surface area contributed by atoms with Crippen LogP contribution in [-0.4, -0.2) is 13.3 Å². The first-order valence-corrected chi connectivity index (χ1v) is 8.98. The summed E-state index contributed by atoms with van der Waals surface area (Å²) in [6.45, 7) is 9.18. The summed E-state index contributed by atoms with van der Waals surface area (Å²) in [6.07, 6.45) is -0.980. The Bertz CT molecular complexity index is 1190. The van der Waals surface area contributed by atoms with E-state index in [4.69, 9.17) is 20.8 Å². The molecule has 27 heavy (non-hydrogen) atoms. The maximum Gasteiger partial charge on any atom is 0.513 e. The van der Waals surface area contributed by atoms with Crippen molar-refractivity contribution < 1.29 is 18.7 Å². The second-order valence-corrected chi connectivity index (χ2v) is 7.39. The average molecular weight is 403 g/mol. The van der Waals surface area contributed by atoms with Crippen molar-refractivity contribution in [3.8, 4) is 27.3 Å². The van der Waals surface area contributed by atoms with Crippen molar-refractivity contribution in [2.75, 3.05) is 7.11 Å². The molecule has 138 valence electrons. The number of halogens is 1. The minimum atomic E-state index is -0.980. The minimum Gasteiger partial charge on any atom is -0.451 e. The zero-order valence-corrected chi connectivity index (χ0v) is 16.2. The highest BCUT2D eigenvalue weighted by Crippen LogP contribution is 2.35. The highest BCUT2D eigenvalue weighted by molar-refractivity contribution is 7.19. The van der Waals surface area contributed by atoms with Crippen molar-refractivity contribution in [1.29, 1.82) is 0 Å². The maximum atomic E-state index is 12.8. The smallest absolute Gasteiger partial charge is 0.451 e. The molecule has 0 amide bonds. The molecule has 0 saturated carbocycles. The Morgan fingerprint density at radius 1 is 1.19 bits per heavy atom. The summed E-state index contributed by atoms with van der Waals surface area (Å²) in [5.41, 5.74) is 1.80. The molecule has 3 rings (SSSR count). The first kappa shape index (κ1) is 18.9. The van der Waals surface area contributed by atoms with Crippen LogP contribution in [0.4, 0.5) is 4.79 Å². The van der Waals surface area contributed by atoms with E-state index in [9.17, 15) is 9.59 Å². The van der Waals surface area contributed by atoms with Crippen LogP contribution in [0.5, 0.6) is 5.75 Å². The highest BCUT2D eigenvalue weighted by Gasteiger charge is 2.20. The van der Waals surface area contributed by atoms with Gasteiger partial charge in [0.25, 0.3) is 0 Å². The molecule has 5 nitrogen and oxygen atoms in total. The predicted molar refractivity (Wildman–Crippen MR) is 107 cm³/mol. The van der Waals surface area contributed by atoms with Gasteiger partial charge in [0.1, 0.15) is 0 Å². The summed E-state index contributed by atoms with van der Waals surface area (Å²) in [4.78, 5) is 25.4. The third-order valence-corrected chi connectivity index (χ3v) is 5.20. The molecule has 3 aromatic rings. The molecule has 0 aliphatic carbocycles. The van der Waals surface area contributed by atoms with Crippen molar-refractivity contribution >= 4 is 42.3 Å². The largest absolute Gasteiger partial charge is 0.513 e. The van der Waals surface area contributed by atoms with Gasteiger partial charge in [0.05, 0.1) is 17.0 Å². The number of hydrogen-bond acceptors (Lipinski definition) is 6. The molecule has 2 aromatic heterocycles. The minimum absolute atomic E-state index is 0.00368. The molecule has 0 N–H and O–H groups in total. The van der Waals surface area contributed by atoms with Gasteiger partial charge in [-0.3, -0.25) is 4.79 Å². The van der Waals surface area contributed by atoms with Gasteiger partial charge in [-0.25, -0.2) is 4.79 Å². The molecule has 0 fully saturated rings. The van der Waals surface area contributed by atoms with Crippen LogP contribution in [0.3, 0.4) is 0 Å². The predicted octanol–water partition coefficient (Wildman–Crippen LogP) is 3.96. The number of benzene rings is 1. The molecule has 0 aliphatic heterocycles. The lowest BCUT2D eigenvalue weighted by Gasteiger charge is -2.12. The van der Waals surface area contributed by atoms with E-state index in [2.05, 4.69) is 17.9 Å². The second kappa shape index (κ2) is 7.42. The van der Waals surface area contributed by atoms with Gasteiger partial charge in [-0.1, -0.05) is 36.9 Å². The summed E-state index contributed by atoms with van der Waals surface area (Å²) in [6, 6.07) is 9.32. The number of ether oxygens (including phenoxy) is 2. The quantitative estimate of drug-likeness (QED) is 0.620. The van der Waals surface area contributed by atoms with Crippen molar-refractivity contribution in [3.05, 3.63) is 61.3 Å². The summed E-state index contributed by atoms with van der Waals surface area (Å²) in [7, 11) is 1.17. The molecule has 0 saturated heterocycles. The van der Waals surface area contributed by atoms with Gasteiger partial charge in [-0.2, -0.15) is 0 Å². The Balaban J connectivity index is 2.30. The standard InChI is InChI=1S/C20H15ClO5S/c1-10-5-6-13(15-7-8-16(21)27-15)9-14(10)17-18(22)11(2)25-12(3)19(17)26-20(23)24-4/h5-9H,2-3H2,1,4H3. The van der Waals surface area contributed by atoms with Gasteiger partial charge in [-0.05, 0) is 41.8 Å². The van der Waals surface area contributed by atoms with E-state index < -0.39 is 11.6 Å². The summed E-state index contributed by atoms with van der Waals surface area (Å²) < 4.78 is 15.6. The lowest BCUT2D eigenvalue weighted by atomic mass is 9.97. The molecular formula is C20H15ClO5S. The fourth-order valence-electron chi connectivity index (χ4n) is 2.61. The van der Waals surface area contributed by atoms with Gasteiger partial charge in [0.15, 0.2) is 16.6 Å². The summed E-state index contributed by atoms with van der Waals surface area (Å²) in [5, 5.41) is 0. The number of aryl methyl sites for hydroxylation is 1. The van der Waals surface area contributed by atoms with Crippen LogP contribution in [0, 0.1) is 6.92 Å². The van der Waals surface area contributed by atoms with Gasteiger partial charge in [-0.15, -0.1) is 11.3 Å². The molecule has 2 heterocycles. The number of methoxy groups -OCH3 is 1. The maximum absolute atomic E-state index is 12.8. The van der Waals surface area contributed by atoms with Gasteiger partial charge in [0.2, 0.25) is 5.43 Å². The normalized spacial score (nSPS) is 10.6. The number of rotatable bonds is 3. The van der Waals surface area contributed by atoms with Crippen molar-refractivity contribution in [2.24, 2.45) is 0 Å². The van der Waals surface area contributed by atoms with E-state index in [-0.39, 0.29) is 22.1 Å². The van der Waals surface area contributed by atoms with Crippen molar-refractivity contribution in [2.45, 2.75) is 6.92 Å². The first-order chi connectivity index (χ1) is 12.8. The van der Waals surface area contributed by atoms with E-state index in [1.54, 1.807) is 6.07 Å². The molecule has 0 unspecified atom stereocenters. The van der Waals surface area contributed by atoms with Gasteiger partial charge >= 0.3 is 6.16 Å². The topological polar surface area (TPSA) is 65.7 Å². The monoisotopic (exact) mass is 402 g/mol. The van der Waals surface area contributed by atoms with Crippen molar-refractivity contribution in [3.63, 3.8) is 0 Å². The molecule has 0 aliphatic rings. The summed E-state index contributed by atoms with van der Waals surface area (Å²) >= 11 is 7.45. The fraction of sp³-hybridized carbons (Fsp3) is 0.100. The van der Waals surface area contributed by atoms with E-state index >= 15 is 0 Å². The molecule has 7 heteroatoms. The Morgan fingerprint density at radius 2 is 1.93 bits per heavy atom. The van der Waals surface area contributed by atoms with E-state index in [0.29, 0.717) is 9.90 Å². The third-order valence-electron chi connectivity index (χ3n) is 3.92. The van der Waals surface area contributed by atoms with Crippen LogP contribution in [-0.2, 0) is 4.74 Å². The van der Waals surface area contributed by atoms with Gasteiger partial charge < -0.3 is 13.9 Å². The SMILES string of the molecule is C=c1oc(=C)c(=O)c(-c2cc(-c3ccc(Cl)s3)ccc2C)c1OC(=O)OC. The molecule has 0 radical (unpaired) electrons. The zero-order chi connectivity index (χ0) is 19.7. The van der Waals surface area contributed by atoms with Gasteiger partial charge in [0, 0.05) is 4.88 Å². The molecule has 1 aromatic carbocycles. The lowest BCUT2D eigenvalue weighted by molar-refractivity contribution is 0.120. The lowest BCUT2D eigenvalue weighted by Crippen LogP contribution is -2.31. The third kappa shape index (κ3) is 3.67. The fourth-order valence-corrected chi connectivity index (χ4v) is 3.65. The number of thiophene rings is 1. The Kier molecular flexibility index (Phi) is 5.21. The summed E-state index contributed by atoms with van der Waals surface area (Å²) in [5.74, 6) is -0.0938. The number of hydrogen-bond donors (Lipinski definition) is 0. The number of carbonyl (C=O) groups excluding carboxylic acids is 1. The Labute approximate surface area is 163 Å². The van der Waals surface area contributed by atoms with Crippen LogP contribution in [0.15, 0.2) is 39.5 Å². The van der Waals surface area contributed by atoms with Crippen LogP contribution in [0.1, 0.15) is 5.56 Å². The van der Waals surface area contributed by atoms with E-state index in [1.165, 1.54) is 18.4 Å². The molecule has 0 atom stereocenters. The average Bonchev–Trinajstić information content (AvgIpc) is 3.07. The Hall–Kier alpha value is -2.83. The Morgan fingerprint density at radius 3 is 2.56 bits per heavy atom. The van der Waals surface area contributed by atoms with E-state index in [1.807, 2.05) is 31.2 Å². The van der Waals surface area contributed by atoms with Crippen LogP contribution in [0.25, 0.3) is 34.7 Å².